The number of para-hydroxylation sites is 1. The summed E-state index contributed by atoms with van der Waals surface area (Å²) in [6.45, 7) is 0. The van der Waals surface area contributed by atoms with Gasteiger partial charge in [0.15, 0.2) is 0 Å². The Hall–Kier alpha value is -1.57. The van der Waals surface area contributed by atoms with E-state index in [1.54, 1.807) is 0 Å². The van der Waals surface area contributed by atoms with Crippen LogP contribution >= 0.6 is 0 Å². The SMILES string of the molecule is O=CC1=CC2c3ccccc3NC2CC1. The summed E-state index contributed by atoms with van der Waals surface area (Å²) in [4.78, 5) is 10.8. The summed E-state index contributed by atoms with van der Waals surface area (Å²) in [6, 6.07) is 8.87. The number of nitrogens with one attached hydrogen (secondary N) is 1. The van der Waals surface area contributed by atoms with Crippen LogP contribution in [0.25, 0.3) is 0 Å². The van der Waals surface area contributed by atoms with Crippen LogP contribution in [0, 0.1) is 0 Å². The molecule has 76 valence electrons. The Balaban J connectivity index is 2.05. The minimum Gasteiger partial charge on any atom is -0.381 e. The second-order valence-electron chi connectivity index (χ2n) is 4.26. The van der Waals surface area contributed by atoms with Gasteiger partial charge in [-0.1, -0.05) is 24.3 Å². The molecule has 2 nitrogen and oxygen atoms in total. The number of allylic oxidation sites excluding steroid dienone is 1. The van der Waals surface area contributed by atoms with Crippen molar-refractivity contribution in [2.45, 2.75) is 24.8 Å². The van der Waals surface area contributed by atoms with Gasteiger partial charge in [-0.2, -0.15) is 0 Å². The van der Waals surface area contributed by atoms with E-state index in [4.69, 9.17) is 0 Å². The van der Waals surface area contributed by atoms with E-state index < -0.39 is 0 Å². The number of carbonyl (C=O) groups excluding carboxylic acids is 1. The maximum absolute atomic E-state index is 10.8. The molecule has 0 spiro atoms. The number of anilines is 1. The molecule has 0 saturated carbocycles. The van der Waals surface area contributed by atoms with Crippen molar-refractivity contribution < 1.29 is 4.79 Å². The van der Waals surface area contributed by atoms with E-state index in [0.717, 1.165) is 24.7 Å². The molecule has 2 unspecified atom stereocenters. The zero-order chi connectivity index (χ0) is 10.3. The van der Waals surface area contributed by atoms with Crippen molar-refractivity contribution in [3.63, 3.8) is 0 Å². The molecule has 0 aromatic heterocycles. The van der Waals surface area contributed by atoms with Crippen LogP contribution in [0.4, 0.5) is 5.69 Å². The van der Waals surface area contributed by atoms with Gasteiger partial charge in [-0.05, 0) is 30.0 Å². The molecule has 0 saturated heterocycles. The van der Waals surface area contributed by atoms with Crippen LogP contribution in [0.2, 0.25) is 0 Å². The van der Waals surface area contributed by atoms with Crippen molar-refractivity contribution in [2.24, 2.45) is 0 Å². The Bertz CT molecular complexity index is 436. The van der Waals surface area contributed by atoms with E-state index in [0.29, 0.717) is 12.0 Å². The van der Waals surface area contributed by atoms with E-state index in [2.05, 4.69) is 29.6 Å². The van der Waals surface area contributed by atoms with Gasteiger partial charge in [0.1, 0.15) is 6.29 Å². The van der Waals surface area contributed by atoms with Gasteiger partial charge < -0.3 is 5.32 Å². The number of benzene rings is 1. The normalized spacial score (nSPS) is 27.3. The second kappa shape index (κ2) is 3.23. The monoisotopic (exact) mass is 199 g/mol. The molecule has 15 heavy (non-hydrogen) atoms. The summed E-state index contributed by atoms with van der Waals surface area (Å²) < 4.78 is 0. The summed E-state index contributed by atoms with van der Waals surface area (Å²) >= 11 is 0. The van der Waals surface area contributed by atoms with Gasteiger partial charge in [-0.3, -0.25) is 4.79 Å². The molecule has 1 aliphatic carbocycles. The highest BCUT2D eigenvalue weighted by Crippen LogP contribution is 2.41. The maximum atomic E-state index is 10.8. The number of rotatable bonds is 1. The third-order valence-corrected chi connectivity index (χ3v) is 3.38. The summed E-state index contributed by atoms with van der Waals surface area (Å²) in [5, 5.41) is 3.52. The molecule has 1 aromatic rings. The van der Waals surface area contributed by atoms with Crippen molar-refractivity contribution in [1.29, 1.82) is 0 Å². The Morgan fingerprint density at radius 3 is 3.07 bits per heavy atom. The number of aldehydes is 1. The predicted octanol–water partition coefficient (Wildman–Crippen LogP) is 2.48. The van der Waals surface area contributed by atoms with E-state index in [1.807, 2.05) is 6.07 Å². The van der Waals surface area contributed by atoms with Crippen molar-refractivity contribution in [3.8, 4) is 0 Å². The highest BCUT2D eigenvalue weighted by Gasteiger charge is 2.32. The van der Waals surface area contributed by atoms with E-state index in [-0.39, 0.29) is 0 Å². The van der Waals surface area contributed by atoms with Crippen molar-refractivity contribution in [3.05, 3.63) is 41.5 Å². The molecular weight excluding hydrogens is 186 g/mol. The maximum Gasteiger partial charge on any atom is 0.145 e. The summed E-state index contributed by atoms with van der Waals surface area (Å²) in [7, 11) is 0. The minimum atomic E-state index is 0.398. The molecule has 0 amide bonds. The molecule has 0 fully saturated rings. The lowest BCUT2D eigenvalue weighted by molar-refractivity contribution is -0.105. The Kier molecular flexibility index (Phi) is 1.88. The highest BCUT2D eigenvalue weighted by atomic mass is 16.1. The topological polar surface area (TPSA) is 29.1 Å². The highest BCUT2D eigenvalue weighted by molar-refractivity contribution is 5.75. The average Bonchev–Trinajstić information content (AvgIpc) is 2.66. The van der Waals surface area contributed by atoms with E-state index in [9.17, 15) is 4.79 Å². The lowest BCUT2D eigenvalue weighted by Crippen LogP contribution is -2.23. The quantitative estimate of drug-likeness (QED) is 0.704. The third kappa shape index (κ3) is 1.29. The molecule has 2 atom stereocenters. The zero-order valence-electron chi connectivity index (χ0n) is 8.44. The summed E-state index contributed by atoms with van der Waals surface area (Å²) in [5.74, 6) is 0.398. The molecule has 0 radical (unpaired) electrons. The first-order chi connectivity index (χ1) is 7.38. The van der Waals surface area contributed by atoms with Crippen LogP contribution < -0.4 is 5.32 Å². The molecule has 1 aliphatic heterocycles. The summed E-state index contributed by atoms with van der Waals surface area (Å²) in [6.07, 6.45) is 5.09. The van der Waals surface area contributed by atoms with Gasteiger partial charge in [0, 0.05) is 17.6 Å². The van der Waals surface area contributed by atoms with Crippen LogP contribution in [-0.2, 0) is 4.79 Å². The van der Waals surface area contributed by atoms with Gasteiger partial charge in [0.2, 0.25) is 0 Å². The third-order valence-electron chi connectivity index (χ3n) is 3.38. The first kappa shape index (κ1) is 8.72. The molecule has 1 heterocycles. The molecule has 2 heteroatoms. The molecule has 0 bridgehead atoms. The predicted molar refractivity (Wildman–Crippen MR) is 60.0 cm³/mol. The number of fused-ring (bicyclic) bond motifs is 3. The average molecular weight is 199 g/mol. The smallest absolute Gasteiger partial charge is 0.145 e. The van der Waals surface area contributed by atoms with E-state index in [1.165, 1.54) is 11.3 Å². The van der Waals surface area contributed by atoms with Crippen molar-refractivity contribution in [1.82, 2.24) is 0 Å². The number of carbonyl (C=O) groups is 1. The van der Waals surface area contributed by atoms with Gasteiger partial charge in [0.25, 0.3) is 0 Å². The van der Waals surface area contributed by atoms with Crippen molar-refractivity contribution >= 4 is 12.0 Å². The lowest BCUT2D eigenvalue weighted by Gasteiger charge is -2.22. The molecule has 2 aliphatic rings. The first-order valence-electron chi connectivity index (χ1n) is 5.40. The molecular formula is C13H13NO. The van der Waals surface area contributed by atoms with Crippen LogP contribution in [0.1, 0.15) is 24.3 Å². The van der Waals surface area contributed by atoms with Crippen LogP contribution in [0.3, 0.4) is 0 Å². The number of hydrogen-bond acceptors (Lipinski definition) is 2. The standard InChI is InChI=1S/C13H13NO/c15-8-9-5-6-13-11(7-9)10-3-1-2-4-12(10)14-13/h1-4,7-8,11,13-14H,5-6H2. The van der Waals surface area contributed by atoms with Gasteiger partial charge in [-0.15, -0.1) is 0 Å². The van der Waals surface area contributed by atoms with E-state index >= 15 is 0 Å². The van der Waals surface area contributed by atoms with Crippen LogP contribution in [-0.4, -0.2) is 12.3 Å². The van der Waals surface area contributed by atoms with Crippen molar-refractivity contribution in [2.75, 3.05) is 5.32 Å². The Morgan fingerprint density at radius 2 is 2.20 bits per heavy atom. The molecule has 1 aromatic carbocycles. The minimum absolute atomic E-state index is 0.398. The second-order valence-corrected chi connectivity index (χ2v) is 4.26. The molecule has 3 rings (SSSR count). The molecule has 1 N–H and O–H groups in total. The Labute approximate surface area is 89.0 Å². The Morgan fingerprint density at radius 1 is 1.33 bits per heavy atom. The fraction of sp³-hybridized carbons (Fsp3) is 0.308. The fourth-order valence-electron chi connectivity index (χ4n) is 2.62. The summed E-state index contributed by atoms with van der Waals surface area (Å²) in [5.41, 5.74) is 3.52. The van der Waals surface area contributed by atoms with Gasteiger partial charge in [-0.25, -0.2) is 0 Å². The number of hydrogen-bond donors (Lipinski definition) is 1. The van der Waals surface area contributed by atoms with Gasteiger partial charge >= 0.3 is 0 Å². The lowest BCUT2D eigenvalue weighted by atomic mass is 9.85. The fourth-order valence-corrected chi connectivity index (χ4v) is 2.62. The van der Waals surface area contributed by atoms with Gasteiger partial charge in [0.05, 0.1) is 0 Å². The van der Waals surface area contributed by atoms with Crippen LogP contribution in [0.15, 0.2) is 35.9 Å². The largest absolute Gasteiger partial charge is 0.381 e. The first-order valence-corrected chi connectivity index (χ1v) is 5.40. The zero-order valence-corrected chi connectivity index (χ0v) is 8.44. The van der Waals surface area contributed by atoms with Crippen LogP contribution in [0.5, 0.6) is 0 Å².